The summed E-state index contributed by atoms with van der Waals surface area (Å²) in [6.07, 6.45) is 4.13. The Morgan fingerprint density at radius 1 is 1.21 bits per heavy atom. The average Bonchev–Trinajstić information content (AvgIpc) is 3.14. The summed E-state index contributed by atoms with van der Waals surface area (Å²) < 4.78 is 1.04. The predicted molar refractivity (Wildman–Crippen MR) is 110 cm³/mol. The van der Waals surface area contributed by atoms with Crippen molar-refractivity contribution in [3.63, 3.8) is 0 Å². The van der Waals surface area contributed by atoms with Gasteiger partial charge in [-0.2, -0.15) is 0 Å². The number of anilines is 1. The van der Waals surface area contributed by atoms with Crippen LogP contribution in [-0.4, -0.2) is 79.0 Å². The molecule has 4 aliphatic heterocycles. The number of nitrogens with zero attached hydrogens (tertiary/aromatic N) is 4. The lowest BCUT2D eigenvalue weighted by molar-refractivity contribution is -0.129. The summed E-state index contributed by atoms with van der Waals surface area (Å²) in [6.45, 7) is 5.25. The molecule has 2 aromatic rings. The molecule has 2 amide bonds. The molecule has 4 fully saturated rings. The second-order valence-electron chi connectivity index (χ2n) is 8.15. The number of rotatable bonds is 3. The van der Waals surface area contributed by atoms with E-state index in [0.29, 0.717) is 18.2 Å². The third kappa shape index (κ3) is 3.24. The number of hydrogen-bond acceptors (Lipinski definition) is 6. The first-order valence-electron chi connectivity index (χ1n) is 9.98. The molecule has 2 aromatic heterocycles. The lowest BCUT2D eigenvalue weighted by Gasteiger charge is -2.44. The van der Waals surface area contributed by atoms with Gasteiger partial charge in [0.25, 0.3) is 5.91 Å². The van der Waals surface area contributed by atoms with E-state index in [2.05, 4.69) is 26.2 Å². The number of piperidine rings is 3. The SMILES string of the molecule is CN1CCN(c2cc3cnc(C(=O)N[C@H]4CN5CCC4CC5)cc3s2)CC1=O. The normalized spacial score (nSPS) is 27.5. The molecule has 0 aliphatic carbocycles. The fourth-order valence-electron chi connectivity index (χ4n) is 4.52. The Bertz CT molecular complexity index is 920. The highest BCUT2D eigenvalue weighted by atomic mass is 32.1. The highest BCUT2D eigenvalue weighted by Crippen LogP contribution is 2.33. The molecule has 8 heteroatoms. The monoisotopic (exact) mass is 399 g/mol. The van der Waals surface area contributed by atoms with Gasteiger partial charge in [-0.05, 0) is 44.0 Å². The van der Waals surface area contributed by atoms with Crippen molar-refractivity contribution in [3.8, 4) is 0 Å². The number of carbonyl (C=O) groups excluding carboxylic acids is 2. The number of nitrogens with one attached hydrogen (secondary N) is 1. The fraction of sp³-hybridized carbons (Fsp3) is 0.550. The van der Waals surface area contributed by atoms with Crippen molar-refractivity contribution in [2.75, 3.05) is 51.2 Å². The molecular formula is C20H25N5O2S. The van der Waals surface area contributed by atoms with E-state index in [4.69, 9.17) is 0 Å². The molecule has 7 nitrogen and oxygen atoms in total. The summed E-state index contributed by atoms with van der Waals surface area (Å²) in [6, 6.07) is 4.20. The maximum atomic E-state index is 12.8. The molecule has 148 valence electrons. The molecule has 4 aliphatic rings. The maximum Gasteiger partial charge on any atom is 0.270 e. The largest absolute Gasteiger partial charge is 0.352 e. The molecule has 1 atom stereocenters. The van der Waals surface area contributed by atoms with Gasteiger partial charge < -0.3 is 20.0 Å². The Morgan fingerprint density at radius 3 is 2.75 bits per heavy atom. The van der Waals surface area contributed by atoms with Gasteiger partial charge in [0, 0.05) is 49.0 Å². The van der Waals surface area contributed by atoms with Gasteiger partial charge >= 0.3 is 0 Å². The number of carbonyl (C=O) groups is 2. The number of pyridine rings is 1. The van der Waals surface area contributed by atoms with Gasteiger partial charge in [-0.25, -0.2) is 0 Å². The van der Waals surface area contributed by atoms with Crippen LogP contribution in [0.25, 0.3) is 10.1 Å². The van der Waals surface area contributed by atoms with Gasteiger partial charge in [-0.1, -0.05) is 0 Å². The van der Waals surface area contributed by atoms with Crippen LogP contribution in [0, 0.1) is 5.92 Å². The zero-order chi connectivity index (χ0) is 19.3. The van der Waals surface area contributed by atoms with E-state index in [-0.39, 0.29) is 17.9 Å². The topological polar surface area (TPSA) is 68.8 Å². The maximum absolute atomic E-state index is 12.8. The van der Waals surface area contributed by atoms with Crippen LogP contribution in [0.3, 0.4) is 0 Å². The van der Waals surface area contributed by atoms with Gasteiger partial charge in [0.2, 0.25) is 5.91 Å². The predicted octanol–water partition coefficient (Wildman–Crippen LogP) is 1.40. The number of thiophene rings is 1. The minimum atomic E-state index is -0.0784. The lowest BCUT2D eigenvalue weighted by Crippen LogP contribution is -2.57. The quantitative estimate of drug-likeness (QED) is 0.845. The first-order valence-corrected chi connectivity index (χ1v) is 10.8. The highest BCUT2D eigenvalue weighted by molar-refractivity contribution is 7.22. The minimum absolute atomic E-state index is 0.0784. The second kappa shape index (κ2) is 7.00. The number of aromatic nitrogens is 1. The number of fused-ring (bicyclic) bond motifs is 4. The molecular weight excluding hydrogens is 374 g/mol. The van der Waals surface area contributed by atoms with Gasteiger partial charge in [0.05, 0.1) is 11.5 Å². The molecule has 1 N–H and O–H groups in total. The first kappa shape index (κ1) is 17.9. The molecule has 28 heavy (non-hydrogen) atoms. The van der Waals surface area contributed by atoms with E-state index < -0.39 is 0 Å². The van der Waals surface area contributed by atoms with E-state index in [1.54, 1.807) is 22.4 Å². The summed E-state index contributed by atoms with van der Waals surface area (Å²) in [5, 5.41) is 5.30. The van der Waals surface area contributed by atoms with Gasteiger partial charge in [0.15, 0.2) is 0 Å². The average molecular weight is 400 g/mol. The summed E-state index contributed by atoms with van der Waals surface area (Å²) in [5.74, 6) is 0.658. The Hall–Kier alpha value is -2.19. The van der Waals surface area contributed by atoms with Gasteiger partial charge in [-0.3, -0.25) is 14.6 Å². The summed E-state index contributed by atoms with van der Waals surface area (Å²) in [5.41, 5.74) is 0.479. The van der Waals surface area contributed by atoms with Gasteiger partial charge in [0.1, 0.15) is 5.69 Å². The molecule has 0 spiro atoms. The van der Waals surface area contributed by atoms with Crippen LogP contribution >= 0.6 is 11.3 Å². The van der Waals surface area contributed by atoms with E-state index in [9.17, 15) is 9.59 Å². The van der Waals surface area contributed by atoms with Crippen molar-refractivity contribution in [1.82, 2.24) is 20.1 Å². The van der Waals surface area contributed by atoms with Crippen LogP contribution in [-0.2, 0) is 4.79 Å². The van der Waals surface area contributed by atoms with Crippen LogP contribution in [0.4, 0.5) is 5.00 Å². The Labute approximate surface area is 168 Å². The lowest BCUT2D eigenvalue weighted by atomic mass is 9.84. The molecule has 0 aromatic carbocycles. The zero-order valence-electron chi connectivity index (χ0n) is 16.1. The second-order valence-corrected chi connectivity index (χ2v) is 9.21. The highest BCUT2D eigenvalue weighted by Gasteiger charge is 2.35. The third-order valence-corrected chi connectivity index (χ3v) is 7.52. The summed E-state index contributed by atoms with van der Waals surface area (Å²) in [4.78, 5) is 35.5. The van der Waals surface area contributed by atoms with Gasteiger partial charge in [-0.15, -0.1) is 11.3 Å². The number of amides is 2. The molecule has 0 radical (unpaired) electrons. The molecule has 4 saturated heterocycles. The fourth-order valence-corrected chi connectivity index (χ4v) is 5.61. The molecule has 0 unspecified atom stereocenters. The number of likely N-dealkylation sites (N-methyl/N-ethyl adjacent to an activating group) is 1. The summed E-state index contributed by atoms with van der Waals surface area (Å²) in [7, 11) is 1.84. The Kier molecular flexibility index (Phi) is 4.47. The first-order chi connectivity index (χ1) is 13.6. The molecule has 0 saturated carbocycles. The zero-order valence-corrected chi connectivity index (χ0v) is 16.9. The van der Waals surface area contributed by atoms with E-state index in [0.717, 1.165) is 47.8 Å². The van der Waals surface area contributed by atoms with E-state index >= 15 is 0 Å². The number of hydrogen-bond donors (Lipinski definition) is 1. The molecule has 6 heterocycles. The Morgan fingerprint density at radius 2 is 2.04 bits per heavy atom. The van der Waals surface area contributed by atoms with Crippen LogP contribution in [0.1, 0.15) is 23.3 Å². The number of piperazine rings is 1. The van der Waals surface area contributed by atoms with E-state index in [1.807, 2.05) is 13.1 Å². The smallest absolute Gasteiger partial charge is 0.270 e. The third-order valence-electron chi connectivity index (χ3n) is 6.36. The van der Waals surface area contributed by atoms with E-state index in [1.165, 1.54) is 12.8 Å². The van der Waals surface area contributed by atoms with Crippen LogP contribution < -0.4 is 10.2 Å². The van der Waals surface area contributed by atoms with Crippen molar-refractivity contribution in [2.45, 2.75) is 18.9 Å². The van der Waals surface area contributed by atoms with Crippen molar-refractivity contribution < 1.29 is 9.59 Å². The minimum Gasteiger partial charge on any atom is -0.352 e. The van der Waals surface area contributed by atoms with Crippen LogP contribution in [0.15, 0.2) is 18.3 Å². The van der Waals surface area contributed by atoms with Crippen LogP contribution in [0.2, 0.25) is 0 Å². The van der Waals surface area contributed by atoms with Crippen LogP contribution in [0.5, 0.6) is 0 Å². The molecule has 6 rings (SSSR count). The van der Waals surface area contributed by atoms with Crippen molar-refractivity contribution in [1.29, 1.82) is 0 Å². The Balaban J connectivity index is 1.32. The standard InChI is InChI=1S/C20H25N5O2S/c1-23-6-7-25(12-18(23)26)19-8-14-10-21-15(9-17(14)28-19)20(27)22-16-11-24-4-2-13(16)3-5-24/h8-10,13,16H,2-7,11-12H2,1H3,(H,22,27)/t16-/m0/s1. The van der Waals surface area contributed by atoms with Crippen molar-refractivity contribution in [3.05, 3.63) is 24.0 Å². The summed E-state index contributed by atoms with van der Waals surface area (Å²) >= 11 is 1.62. The van der Waals surface area contributed by atoms with Crippen molar-refractivity contribution >= 4 is 38.2 Å². The molecule has 2 bridgehead atoms. The van der Waals surface area contributed by atoms with Crippen molar-refractivity contribution in [2.24, 2.45) is 5.92 Å².